The minimum absolute atomic E-state index is 0.172. The molecule has 0 atom stereocenters. The first-order valence-electron chi connectivity index (χ1n) is 8.04. The number of nitrogens with zero attached hydrogens (tertiary/aromatic N) is 1. The number of ether oxygens (including phenoxy) is 2. The zero-order valence-electron chi connectivity index (χ0n) is 13.7. The number of carbonyl (C=O) groups is 1. The van der Waals surface area contributed by atoms with E-state index in [2.05, 4.69) is 4.98 Å². The number of pyridine rings is 1. The topological polar surface area (TPSA) is 48.4 Å². The van der Waals surface area contributed by atoms with Crippen LogP contribution in [0.25, 0.3) is 6.08 Å². The number of hydrogen-bond acceptors (Lipinski definition) is 4. The van der Waals surface area contributed by atoms with Gasteiger partial charge >= 0.3 is 0 Å². The van der Waals surface area contributed by atoms with Gasteiger partial charge in [-0.25, -0.2) is 4.39 Å². The normalized spacial score (nSPS) is 14.2. The second kappa shape index (κ2) is 6.80. The van der Waals surface area contributed by atoms with Crippen LogP contribution in [-0.4, -0.2) is 10.8 Å². The molecular weight excluding hydrogens is 333 g/mol. The fourth-order valence-electron chi connectivity index (χ4n) is 2.62. The Labute approximate surface area is 149 Å². The number of rotatable bonds is 4. The molecule has 0 unspecified atom stereocenters. The second-order valence-electron chi connectivity index (χ2n) is 5.80. The number of ketones is 1. The van der Waals surface area contributed by atoms with Gasteiger partial charge in [-0.3, -0.25) is 9.78 Å². The fourth-order valence-corrected chi connectivity index (χ4v) is 2.62. The highest BCUT2D eigenvalue weighted by molar-refractivity contribution is 6.14. The Morgan fingerprint density at radius 3 is 2.73 bits per heavy atom. The summed E-state index contributed by atoms with van der Waals surface area (Å²) in [5, 5.41) is 0. The van der Waals surface area contributed by atoms with Crippen molar-refractivity contribution in [3.8, 4) is 11.5 Å². The van der Waals surface area contributed by atoms with Crippen LogP contribution >= 0.6 is 0 Å². The van der Waals surface area contributed by atoms with Crippen molar-refractivity contribution < 1.29 is 18.7 Å². The Bertz CT molecular complexity index is 982. The van der Waals surface area contributed by atoms with Gasteiger partial charge in [0.2, 0.25) is 5.78 Å². The molecule has 4 rings (SSSR count). The number of aromatic nitrogens is 1. The van der Waals surface area contributed by atoms with Gasteiger partial charge in [0.25, 0.3) is 0 Å². The SMILES string of the molecule is O=C1/C(=C/c2cccnc2)Oc2cc(OCc3ccc(F)cc3)ccc21. The zero-order chi connectivity index (χ0) is 17.9. The molecule has 0 N–H and O–H groups in total. The summed E-state index contributed by atoms with van der Waals surface area (Å²) in [6.45, 7) is 0.297. The molecule has 0 spiro atoms. The smallest absolute Gasteiger partial charge is 0.231 e. The van der Waals surface area contributed by atoms with Crippen molar-refractivity contribution in [2.75, 3.05) is 0 Å². The lowest BCUT2D eigenvalue weighted by molar-refractivity contribution is 0.101. The largest absolute Gasteiger partial charge is 0.489 e. The average molecular weight is 347 g/mol. The number of fused-ring (bicyclic) bond motifs is 1. The molecular formula is C21H14FNO3. The first-order chi connectivity index (χ1) is 12.7. The van der Waals surface area contributed by atoms with Gasteiger partial charge in [0.05, 0.1) is 5.56 Å². The van der Waals surface area contributed by atoms with E-state index in [0.717, 1.165) is 11.1 Å². The van der Waals surface area contributed by atoms with Gasteiger partial charge in [-0.05, 0) is 47.5 Å². The first-order valence-corrected chi connectivity index (χ1v) is 8.04. The molecule has 4 nitrogen and oxygen atoms in total. The van der Waals surface area contributed by atoms with Crippen LogP contribution in [0.3, 0.4) is 0 Å². The predicted molar refractivity (Wildman–Crippen MR) is 94.3 cm³/mol. The summed E-state index contributed by atoms with van der Waals surface area (Å²) in [6.07, 6.45) is 4.98. The van der Waals surface area contributed by atoms with Crippen LogP contribution in [0.1, 0.15) is 21.5 Å². The first kappa shape index (κ1) is 16.0. The van der Waals surface area contributed by atoms with Gasteiger partial charge in [0, 0.05) is 18.5 Å². The minimum atomic E-state index is -0.286. The van der Waals surface area contributed by atoms with E-state index in [9.17, 15) is 9.18 Å². The summed E-state index contributed by atoms with van der Waals surface area (Å²) in [5.41, 5.74) is 2.13. The summed E-state index contributed by atoms with van der Waals surface area (Å²) in [4.78, 5) is 16.5. The van der Waals surface area contributed by atoms with Crippen LogP contribution in [0.5, 0.6) is 11.5 Å². The van der Waals surface area contributed by atoms with E-state index in [4.69, 9.17) is 9.47 Å². The predicted octanol–water partition coefficient (Wildman–Crippen LogP) is 4.42. The monoisotopic (exact) mass is 347 g/mol. The molecule has 1 aromatic heterocycles. The number of benzene rings is 2. The molecule has 0 radical (unpaired) electrons. The van der Waals surface area contributed by atoms with E-state index in [1.165, 1.54) is 12.1 Å². The van der Waals surface area contributed by atoms with E-state index in [-0.39, 0.29) is 17.4 Å². The van der Waals surface area contributed by atoms with Crippen molar-refractivity contribution in [3.63, 3.8) is 0 Å². The highest BCUT2D eigenvalue weighted by Gasteiger charge is 2.27. The summed E-state index contributed by atoms with van der Waals surface area (Å²) >= 11 is 0. The van der Waals surface area contributed by atoms with E-state index in [0.29, 0.717) is 23.7 Å². The number of hydrogen-bond donors (Lipinski definition) is 0. The van der Waals surface area contributed by atoms with Gasteiger partial charge in [-0.1, -0.05) is 18.2 Å². The standard InChI is InChI=1S/C21H14FNO3/c22-16-5-3-14(4-6-16)13-25-17-7-8-18-19(11-17)26-20(21(18)24)10-15-2-1-9-23-12-15/h1-12H,13H2/b20-10-. The highest BCUT2D eigenvalue weighted by Crippen LogP contribution is 2.35. The number of halogens is 1. The van der Waals surface area contributed by atoms with E-state index in [1.807, 2.05) is 6.07 Å². The third kappa shape index (κ3) is 3.32. The Hall–Kier alpha value is -3.47. The van der Waals surface area contributed by atoms with Crippen LogP contribution in [-0.2, 0) is 6.61 Å². The quantitative estimate of drug-likeness (QED) is 0.656. The molecule has 0 aliphatic carbocycles. The summed E-state index contributed by atoms with van der Waals surface area (Å²) in [5.74, 6) is 0.828. The van der Waals surface area contributed by atoms with E-state index < -0.39 is 0 Å². The molecule has 5 heteroatoms. The van der Waals surface area contributed by atoms with Crippen molar-refractivity contribution in [2.45, 2.75) is 6.61 Å². The molecule has 1 aliphatic heterocycles. The minimum Gasteiger partial charge on any atom is -0.489 e. The molecule has 0 bridgehead atoms. The Kier molecular flexibility index (Phi) is 4.19. The molecule has 26 heavy (non-hydrogen) atoms. The fraction of sp³-hybridized carbons (Fsp3) is 0.0476. The zero-order valence-corrected chi connectivity index (χ0v) is 13.7. The Morgan fingerprint density at radius 1 is 1.12 bits per heavy atom. The average Bonchev–Trinajstić information content (AvgIpc) is 2.97. The molecule has 0 saturated heterocycles. The third-order valence-electron chi connectivity index (χ3n) is 3.94. The van der Waals surface area contributed by atoms with Crippen LogP contribution in [0, 0.1) is 5.82 Å². The maximum atomic E-state index is 12.9. The molecule has 2 aromatic carbocycles. The summed E-state index contributed by atoms with van der Waals surface area (Å²) in [7, 11) is 0. The maximum absolute atomic E-state index is 12.9. The van der Waals surface area contributed by atoms with Crippen molar-refractivity contribution in [2.24, 2.45) is 0 Å². The van der Waals surface area contributed by atoms with Crippen molar-refractivity contribution >= 4 is 11.9 Å². The lowest BCUT2D eigenvalue weighted by Crippen LogP contribution is -1.98. The Balaban J connectivity index is 1.50. The van der Waals surface area contributed by atoms with Crippen LogP contribution < -0.4 is 9.47 Å². The van der Waals surface area contributed by atoms with E-state index >= 15 is 0 Å². The number of Topliss-reactive ketones (excluding diaryl/α,β-unsaturated/α-hetero) is 1. The van der Waals surface area contributed by atoms with Crippen molar-refractivity contribution in [3.05, 3.63) is 95.3 Å². The van der Waals surface area contributed by atoms with Crippen LogP contribution in [0.15, 0.2) is 72.8 Å². The van der Waals surface area contributed by atoms with Crippen molar-refractivity contribution in [1.82, 2.24) is 4.98 Å². The molecule has 2 heterocycles. The Morgan fingerprint density at radius 2 is 1.96 bits per heavy atom. The molecule has 0 amide bonds. The van der Waals surface area contributed by atoms with Gasteiger partial charge < -0.3 is 9.47 Å². The lowest BCUT2D eigenvalue weighted by atomic mass is 10.1. The molecule has 1 aliphatic rings. The number of carbonyl (C=O) groups excluding carboxylic acids is 1. The molecule has 0 fully saturated rings. The van der Waals surface area contributed by atoms with Gasteiger partial charge in [0.1, 0.15) is 23.9 Å². The maximum Gasteiger partial charge on any atom is 0.231 e. The van der Waals surface area contributed by atoms with Gasteiger partial charge in [-0.2, -0.15) is 0 Å². The summed E-state index contributed by atoms with van der Waals surface area (Å²) in [6, 6.07) is 14.8. The third-order valence-corrected chi connectivity index (χ3v) is 3.94. The van der Waals surface area contributed by atoms with Crippen LogP contribution in [0.4, 0.5) is 4.39 Å². The van der Waals surface area contributed by atoms with E-state index in [1.54, 1.807) is 54.9 Å². The molecule has 128 valence electrons. The molecule has 3 aromatic rings. The number of allylic oxidation sites excluding steroid dienone is 1. The summed E-state index contributed by atoms with van der Waals surface area (Å²) < 4.78 is 24.3. The van der Waals surface area contributed by atoms with Gasteiger partial charge in [0.15, 0.2) is 5.76 Å². The van der Waals surface area contributed by atoms with Crippen LogP contribution in [0.2, 0.25) is 0 Å². The molecule has 0 saturated carbocycles. The highest BCUT2D eigenvalue weighted by atomic mass is 19.1. The lowest BCUT2D eigenvalue weighted by Gasteiger charge is -2.07. The second-order valence-corrected chi connectivity index (χ2v) is 5.80. The van der Waals surface area contributed by atoms with Crippen molar-refractivity contribution in [1.29, 1.82) is 0 Å². The van der Waals surface area contributed by atoms with Gasteiger partial charge in [-0.15, -0.1) is 0 Å².